The highest BCUT2D eigenvalue weighted by Crippen LogP contribution is 2.32. The topological polar surface area (TPSA) is 42.2 Å². The fraction of sp³-hybridized carbons (Fsp3) is 0.583. The van der Waals surface area contributed by atoms with E-state index in [0.717, 1.165) is 19.3 Å². The normalized spacial score (nSPS) is 24.0. The minimum absolute atomic E-state index is 0.287. The summed E-state index contributed by atoms with van der Waals surface area (Å²) in [7, 11) is 1.90. The largest absolute Gasteiger partial charge is 0.354 e. The van der Waals surface area contributed by atoms with E-state index < -0.39 is 0 Å². The van der Waals surface area contributed by atoms with Gasteiger partial charge < -0.3 is 10.6 Å². The fourth-order valence-electron chi connectivity index (χ4n) is 2.63. The molecule has 1 saturated carbocycles. The highest BCUT2D eigenvalue weighted by Gasteiger charge is 2.31. The maximum absolute atomic E-state index is 13.8. The van der Waals surface area contributed by atoms with Gasteiger partial charge in [-0.1, -0.05) is 6.42 Å². The van der Waals surface area contributed by atoms with Crippen LogP contribution >= 0.6 is 15.9 Å². The lowest BCUT2D eigenvalue weighted by Gasteiger charge is -2.30. The van der Waals surface area contributed by atoms with E-state index in [-0.39, 0.29) is 5.82 Å². The van der Waals surface area contributed by atoms with Crippen molar-refractivity contribution in [2.24, 2.45) is 11.7 Å². The lowest BCUT2D eigenvalue weighted by Crippen LogP contribution is -2.38. The molecule has 0 bridgehead atoms. The average Bonchev–Trinajstić information content (AvgIpc) is 2.76. The van der Waals surface area contributed by atoms with E-state index >= 15 is 0 Å². The Morgan fingerprint density at radius 1 is 1.59 bits per heavy atom. The quantitative estimate of drug-likeness (QED) is 0.933. The highest BCUT2D eigenvalue weighted by atomic mass is 79.9. The third kappa shape index (κ3) is 2.60. The van der Waals surface area contributed by atoms with Crippen molar-refractivity contribution in [1.82, 2.24) is 4.98 Å². The van der Waals surface area contributed by atoms with E-state index in [0.29, 0.717) is 28.8 Å². The second kappa shape index (κ2) is 5.31. The zero-order chi connectivity index (χ0) is 12.4. The summed E-state index contributed by atoms with van der Waals surface area (Å²) in [6.07, 6.45) is 4.98. The van der Waals surface area contributed by atoms with Crippen molar-refractivity contribution >= 4 is 21.7 Å². The van der Waals surface area contributed by atoms with Crippen molar-refractivity contribution in [3.8, 4) is 0 Å². The molecule has 1 aromatic heterocycles. The summed E-state index contributed by atoms with van der Waals surface area (Å²) in [6, 6.07) is 1.76. The van der Waals surface area contributed by atoms with Gasteiger partial charge in [-0.05, 0) is 47.3 Å². The van der Waals surface area contributed by atoms with Crippen molar-refractivity contribution in [3.63, 3.8) is 0 Å². The summed E-state index contributed by atoms with van der Waals surface area (Å²) in [6.45, 7) is 0.660. The molecule has 94 valence electrons. The van der Waals surface area contributed by atoms with Crippen LogP contribution in [0.3, 0.4) is 0 Å². The predicted octanol–water partition coefficient (Wildman–Crippen LogP) is 2.55. The van der Waals surface area contributed by atoms with Gasteiger partial charge in [0.25, 0.3) is 0 Å². The van der Waals surface area contributed by atoms with E-state index in [9.17, 15) is 4.39 Å². The molecule has 2 rings (SSSR count). The molecule has 2 N–H and O–H groups in total. The second-order valence-corrected chi connectivity index (χ2v) is 5.48. The Morgan fingerprint density at radius 2 is 2.35 bits per heavy atom. The summed E-state index contributed by atoms with van der Waals surface area (Å²) in [5.74, 6) is 0.577. The molecule has 2 unspecified atom stereocenters. The van der Waals surface area contributed by atoms with Crippen molar-refractivity contribution < 1.29 is 4.39 Å². The molecule has 1 aliphatic carbocycles. The van der Waals surface area contributed by atoms with Gasteiger partial charge >= 0.3 is 0 Å². The molecule has 1 heterocycles. The predicted molar refractivity (Wildman–Crippen MR) is 70.5 cm³/mol. The molecule has 1 aliphatic rings. The zero-order valence-corrected chi connectivity index (χ0v) is 11.5. The van der Waals surface area contributed by atoms with Crippen LogP contribution in [0.25, 0.3) is 0 Å². The van der Waals surface area contributed by atoms with E-state index in [4.69, 9.17) is 5.73 Å². The van der Waals surface area contributed by atoms with Crippen LogP contribution in [0.15, 0.2) is 16.7 Å². The Labute approximate surface area is 109 Å². The van der Waals surface area contributed by atoms with Crippen LogP contribution < -0.4 is 10.6 Å². The molecule has 0 saturated heterocycles. The Balaban J connectivity index is 2.21. The molecule has 5 heteroatoms. The van der Waals surface area contributed by atoms with Crippen molar-refractivity contribution in [2.75, 3.05) is 18.5 Å². The van der Waals surface area contributed by atoms with Crippen LogP contribution in [0.4, 0.5) is 10.2 Å². The van der Waals surface area contributed by atoms with Crippen LogP contribution in [-0.2, 0) is 0 Å². The van der Waals surface area contributed by atoms with Crippen molar-refractivity contribution in [3.05, 3.63) is 22.6 Å². The molecule has 0 aliphatic heterocycles. The average molecular weight is 302 g/mol. The zero-order valence-electron chi connectivity index (χ0n) is 9.87. The minimum atomic E-state index is -0.287. The van der Waals surface area contributed by atoms with Crippen molar-refractivity contribution in [1.29, 1.82) is 0 Å². The number of hydrogen-bond acceptors (Lipinski definition) is 3. The third-order valence-corrected chi connectivity index (χ3v) is 3.98. The number of aromatic nitrogens is 1. The van der Waals surface area contributed by atoms with Gasteiger partial charge in [-0.25, -0.2) is 9.37 Å². The first kappa shape index (κ1) is 12.8. The fourth-order valence-corrected chi connectivity index (χ4v) is 2.93. The molecule has 0 aromatic carbocycles. The number of pyridine rings is 1. The van der Waals surface area contributed by atoms with Gasteiger partial charge in [-0.15, -0.1) is 0 Å². The van der Waals surface area contributed by atoms with Crippen LogP contribution in [0, 0.1) is 11.7 Å². The number of halogens is 2. The van der Waals surface area contributed by atoms with Gasteiger partial charge in [0.1, 0.15) is 0 Å². The lowest BCUT2D eigenvalue weighted by molar-refractivity contribution is 0.466. The number of hydrogen-bond donors (Lipinski definition) is 1. The molecule has 0 radical (unpaired) electrons. The monoisotopic (exact) mass is 301 g/mol. The van der Waals surface area contributed by atoms with Gasteiger partial charge in [0.2, 0.25) is 0 Å². The minimum Gasteiger partial charge on any atom is -0.354 e. The van der Waals surface area contributed by atoms with E-state index in [1.165, 1.54) is 6.07 Å². The Bertz CT molecular complexity index is 399. The standard InChI is InChI=1S/C12H17BrFN3/c1-17(11-4-2-3-8(11)6-15)12-10(14)5-9(13)7-16-12/h5,7-8,11H,2-4,6,15H2,1H3. The smallest absolute Gasteiger partial charge is 0.166 e. The summed E-state index contributed by atoms with van der Waals surface area (Å²) in [4.78, 5) is 6.09. The number of nitrogens with zero attached hydrogens (tertiary/aromatic N) is 2. The molecule has 0 amide bonds. The Hall–Kier alpha value is -0.680. The Morgan fingerprint density at radius 3 is 3.00 bits per heavy atom. The van der Waals surface area contributed by atoms with Crippen LogP contribution in [0.1, 0.15) is 19.3 Å². The molecular formula is C12H17BrFN3. The number of anilines is 1. The Kier molecular flexibility index (Phi) is 3.99. The summed E-state index contributed by atoms with van der Waals surface area (Å²) in [5.41, 5.74) is 5.75. The maximum Gasteiger partial charge on any atom is 0.166 e. The number of nitrogens with two attached hydrogens (primary N) is 1. The van der Waals surface area contributed by atoms with Crippen LogP contribution in [0.2, 0.25) is 0 Å². The van der Waals surface area contributed by atoms with Gasteiger partial charge in [-0.3, -0.25) is 0 Å². The molecule has 1 aromatic rings. The van der Waals surface area contributed by atoms with Gasteiger partial charge in [0.05, 0.1) is 0 Å². The highest BCUT2D eigenvalue weighted by molar-refractivity contribution is 9.10. The number of rotatable bonds is 3. The van der Waals surface area contributed by atoms with Gasteiger partial charge in [-0.2, -0.15) is 0 Å². The summed E-state index contributed by atoms with van der Waals surface area (Å²) < 4.78 is 14.5. The molecule has 0 spiro atoms. The SMILES string of the molecule is CN(c1ncc(Br)cc1F)C1CCCC1CN. The van der Waals surface area contributed by atoms with Gasteiger partial charge in [0, 0.05) is 23.8 Å². The first-order chi connectivity index (χ1) is 8.13. The molecule has 3 nitrogen and oxygen atoms in total. The van der Waals surface area contributed by atoms with E-state index in [2.05, 4.69) is 20.9 Å². The molecular weight excluding hydrogens is 285 g/mol. The molecule has 2 atom stereocenters. The van der Waals surface area contributed by atoms with Gasteiger partial charge in [0.15, 0.2) is 11.6 Å². The van der Waals surface area contributed by atoms with E-state index in [1.807, 2.05) is 11.9 Å². The maximum atomic E-state index is 13.8. The molecule has 17 heavy (non-hydrogen) atoms. The first-order valence-corrected chi connectivity index (χ1v) is 6.66. The van der Waals surface area contributed by atoms with E-state index in [1.54, 1.807) is 6.20 Å². The van der Waals surface area contributed by atoms with Crippen molar-refractivity contribution in [2.45, 2.75) is 25.3 Å². The molecule has 1 fully saturated rings. The second-order valence-electron chi connectivity index (χ2n) is 4.56. The first-order valence-electron chi connectivity index (χ1n) is 5.87. The van der Waals surface area contributed by atoms with Crippen LogP contribution in [-0.4, -0.2) is 24.6 Å². The summed E-state index contributed by atoms with van der Waals surface area (Å²) in [5, 5.41) is 0. The van der Waals surface area contributed by atoms with Crippen LogP contribution in [0.5, 0.6) is 0 Å². The third-order valence-electron chi connectivity index (χ3n) is 3.54. The summed E-state index contributed by atoms with van der Waals surface area (Å²) >= 11 is 3.21. The lowest BCUT2D eigenvalue weighted by atomic mass is 10.0.